The van der Waals surface area contributed by atoms with Gasteiger partial charge in [0.15, 0.2) is 0 Å². The van der Waals surface area contributed by atoms with Crippen LogP contribution in [-0.2, 0) is 9.59 Å². The summed E-state index contributed by atoms with van der Waals surface area (Å²) in [6.45, 7) is 12.6. The molecule has 18 heavy (non-hydrogen) atoms. The number of amides is 2. The first-order chi connectivity index (χ1) is 8.08. The summed E-state index contributed by atoms with van der Waals surface area (Å²) in [4.78, 5) is 26.2. The Morgan fingerprint density at radius 3 is 2.28 bits per heavy atom. The second-order valence-corrected chi connectivity index (χ2v) is 6.85. The van der Waals surface area contributed by atoms with Gasteiger partial charge in [0.2, 0.25) is 11.8 Å². The molecule has 1 aliphatic rings. The van der Waals surface area contributed by atoms with Crippen molar-refractivity contribution in [2.75, 3.05) is 6.54 Å². The Balaban J connectivity index is 2.88. The summed E-state index contributed by atoms with van der Waals surface area (Å²) in [6, 6.07) is -0.312. The van der Waals surface area contributed by atoms with E-state index in [4.69, 9.17) is 0 Å². The van der Waals surface area contributed by atoms with Gasteiger partial charge in [0, 0.05) is 6.54 Å². The maximum absolute atomic E-state index is 12.4. The van der Waals surface area contributed by atoms with Gasteiger partial charge in [-0.2, -0.15) is 0 Å². The third-order valence-electron chi connectivity index (χ3n) is 3.40. The minimum Gasteiger partial charge on any atom is -0.340 e. The van der Waals surface area contributed by atoms with Crippen LogP contribution in [0.25, 0.3) is 0 Å². The number of hydrogen-bond donors (Lipinski definition) is 1. The molecule has 0 spiro atoms. The zero-order valence-corrected chi connectivity index (χ0v) is 12.5. The van der Waals surface area contributed by atoms with Gasteiger partial charge in [-0.05, 0) is 32.1 Å². The van der Waals surface area contributed by atoms with Crippen molar-refractivity contribution in [1.29, 1.82) is 0 Å². The Morgan fingerprint density at radius 1 is 1.28 bits per heavy atom. The molecule has 0 saturated carbocycles. The lowest BCUT2D eigenvalue weighted by molar-refractivity contribution is -0.154. The van der Waals surface area contributed by atoms with Gasteiger partial charge in [-0.1, -0.05) is 27.7 Å². The van der Waals surface area contributed by atoms with E-state index < -0.39 is 5.54 Å². The SMILES string of the molecule is CCC1C(=O)NC(C)(C)C(=O)N1CCC(C)(C)C. The molecule has 0 aliphatic carbocycles. The fourth-order valence-corrected chi connectivity index (χ4v) is 2.21. The van der Waals surface area contributed by atoms with E-state index in [0.717, 1.165) is 6.42 Å². The van der Waals surface area contributed by atoms with Crippen LogP contribution in [0.2, 0.25) is 0 Å². The summed E-state index contributed by atoms with van der Waals surface area (Å²) in [5.41, 5.74) is -0.614. The molecule has 104 valence electrons. The highest BCUT2D eigenvalue weighted by molar-refractivity contribution is 5.99. The molecule has 1 unspecified atom stereocenters. The molecule has 1 atom stereocenters. The van der Waals surface area contributed by atoms with Crippen molar-refractivity contribution < 1.29 is 9.59 Å². The average Bonchev–Trinajstić information content (AvgIpc) is 2.19. The predicted molar refractivity (Wildman–Crippen MR) is 72.1 cm³/mol. The van der Waals surface area contributed by atoms with Crippen LogP contribution in [-0.4, -0.2) is 34.8 Å². The van der Waals surface area contributed by atoms with Gasteiger partial charge in [-0.25, -0.2) is 0 Å². The fraction of sp³-hybridized carbons (Fsp3) is 0.857. The van der Waals surface area contributed by atoms with E-state index in [0.29, 0.717) is 13.0 Å². The van der Waals surface area contributed by atoms with E-state index in [9.17, 15) is 9.59 Å². The zero-order valence-electron chi connectivity index (χ0n) is 12.5. The van der Waals surface area contributed by atoms with Crippen LogP contribution in [0.5, 0.6) is 0 Å². The maximum atomic E-state index is 12.4. The molecule has 0 aromatic rings. The average molecular weight is 254 g/mol. The standard InChI is InChI=1S/C14H26N2O2/c1-7-10-11(17)15-14(5,6)12(18)16(10)9-8-13(2,3)4/h10H,7-9H2,1-6H3,(H,15,17). The molecule has 0 radical (unpaired) electrons. The molecular weight excluding hydrogens is 228 g/mol. The van der Waals surface area contributed by atoms with Gasteiger partial charge in [-0.3, -0.25) is 9.59 Å². The van der Waals surface area contributed by atoms with Crippen LogP contribution in [0.3, 0.4) is 0 Å². The Morgan fingerprint density at radius 2 is 1.83 bits per heavy atom. The molecular formula is C14H26N2O2. The summed E-state index contributed by atoms with van der Waals surface area (Å²) in [6.07, 6.45) is 1.57. The molecule has 0 aromatic heterocycles. The van der Waals surface area contributed by atoms with E-state index in [2.05, 4.69) is 26.1 Å². The minimum atomic E-state index is -0.777. The van der Waals surface area contributed by atoms with E-state index in [-0.39, 0.29) is 23.3 Å². The molecule has 1 heterocycles. The molecule has 0 aromatic carbocycles. The first-order valence-corrected chi connectivity index (χ1v) is 6.71. The van der Waals surface area contributed by atoms with Gasteiger partial charge >= 0.3 is 0 Å². The lowest BCUT2D eigenvalue weighted by Crippen LogP contribution is -2.68. The van der Waals surface area contributed by atoms with Crippen molar-refractivity contribution >= 4 is 11.8 Å². The number of carbonyl (C=O) groups is 2. The highest BCUT2D eigenvalue weighted by Gasteiger charge is 2.44. The van der Waals surface area contributed by atoms with Gasteiger partial charge in [0.25, 0.3) is 0 Å². The third-order valence-corrected chi connectivity index (χ3v) is 3.40. The van der Waals surface area contributed by atoms with Crippen LogP contribution in [0, 0.1) is 5.41 Å². The predicted octanol–water partition coefficient (Wildman–Crippen LogP) is 1.94. The summed E-state index contributed by atoms with van der Waals surface area (Å²) in [5, 5.41) is 2.80. The molecule has 4 nitrogen and oxygen atoms in total. The van der Waals surface area contributed by atoms with Crippen molar-refractivity contribution in [3.63, 3.8) is 0 Å². The smallest absolute Gasteiger partial charge is 0.248 e. The topological polar surface area (TPSA) is 49.4 Å². The summed E-state index contributed by atoms with van der Waals surface area (Å²) >= 11 is 0. The van der Waals surface area contributed by atoms with Crippen molar-refractivity contribution in [2.24, 2.45) is 5.41 Å². The third kappa shape index (κ3) is 3.24. The summed E-state index contributed by atoms with van der Waals surface area (Å²) in [7, 11) is 0. The molecule has 2 amide bonds. The van der Waals surface area contributed by atoms with Crippen LogP contribution in [0.15, 0.2) is 0 Å². The molecule has 1 saturated heterocycles. The van der Waals surface area contributed by atoms with E-state index in [1.807, 2.05) is 6.92 Å². The number of nitrogens with zero attached hydrogens (tertiary/aromatic N) is 1. The van der Waals surface area contributed by atoms with Gasteiger partial charge in [0.05, 0.1) is 0 Å². The van der Waals surface area contributed by atoms with E-state index in [1.165, 1.54) is 0 Å². The first kappa shape index (κ1) is 15.0. The van der Waals surface area contributed by atoms with Crippen molar-refractivity contribution in [3.8, 4) is 0 Å². The van der Waals surface area contributed by atoms with E-state index >= 15 is 0 Å². The quantitative estimate of drug-likeness (QED) is 0.836. The van der Waals surface area contributed by atoms with Crippen LogP contribution < -0.4 is 5.32 Å². The zero-order chi connectivity index (χ0) is 14.1. The first-order valence-electron chi connectivity index (χ1n) is 6.71. The fourth-order valence-electron chi connectivity index (χ4n) is 2.21. The highest BCUT2D eigenvalue weighted by atomic mass is 16.2. The number of nitrogens with one attached hydrogen (secondary N) is 1. The minimum absolute atomic E-state index is 0.0261. The number of piperazine rings is 1. The molecule has 1 aliphatic heterocycles. The Kier molecular flexibility index (Phi) is 4.08. The van der Waals surface area contributed by atoms with Crippen LogP contribution in [0.1, 0.15) is 54.4 Å². The Labute approximate surface area is 110 Å². The lowest BCUT2D eigenvalue weighted by Gasteiger charge is -2.43. The largest absolute Gasteiger partial charge is 0.340 e. The molecule has 4 heteroatoms. The van der Waals surface area contributed by atoms with Crippen molar-refractivity contribution in [1.82, 2.24) is 10.2 Å². The Hall–Kier alpha value is -1.06. The van der Waals surface area contributed by atoms with Crippen molar-refractivity contribution in [3.05, 3.63) is 0 Å². The second kappa shape index (κ2) is 4.90. The van der Waals surface area contributed by atoms with Crippen molar-refractivity contribution in [2.45, 2.75) is 66.0 Å². The Bertz CT molecular complexity index is 342. The van der Waals surface area contributed by atoms with E-state index in [1.54, 1.807) is 18.7 Å². The monoisotopic (exact) mass is 254 g/mol. The molecule has 1 fully saturated rings. The van der Waals surface area contributed by atoms with Gasteiger partial charge in [-0.15, -0.1) is 0 Å². The summed E-state index contributed by atoms with van der Waals surface area (Å²) in [5.74, 6) is -0.00536. The second-order valence-electron chi connectivity index (χ2n) is 6.85. The van der Waals surface area contributed by atoms with Gasteiger partial charge in [0.1, 0.15) is 11.6 Å². The molecule has 1 N–H and O–H groups in total. The van der Waals surface area contributed by atoms with Crippen LogP contribution >= 0.6 is 0 Å². The number of rotatable bonds is 3. The maximum Gasteiger partial charge on any atom is 0.248 e. The van der Waals surface area contributed by atoms with Crippen LogP contribution in [0.4, 0.5) is 0 Å². The lowest BCUT2D eigenvalue weighted by atomic mass is 9.90. The molecule has 0 bridgehead atoms. The van der Waals surface area contributed by atoms with Gasteiger partial charge < -0.3 is 10.2 Å². The summed E-state index contributed by atoms with van der Waals surface area (Å²) < 4.78 is 0. The normalized spacial score (nSPS) is 24.1. The highest BCUT2D eigenvalue weighted by Crippen LogP contribution is 2.24. The number of hydrogen-bond acceptors (Lipinski definition) is 2. The number of carbonyl (C=O) groups excluding carboxylic acids is 2. The molecule has 1 rings (SSSR count).